The molecule has 4 amide bonds. The molecule has 2 saturated carbocycles. The van der Waals surface area contributed by atoms with Gasteiger partial charge in [-0.25, -0.2) is 23.0 Å². The Balaban J connectivity index is 0.000000295. The second-order valence-corrected chi connectivity index (χ2v) is 23.3. The number of hydrogen-bond acceptors (Lipinski definition) is 12. The van der Waals surface area contributed by atoms with Crippen molar-refractivity contribution in [2.24, 2.45) is 11.8 Å². The van der Waals surface area contributed by atoms with Crippen LogP contribution in [0, 0.1) is 11.8 Å². The van der Waals surface area contributed by atoms with Gasteiger partial charge >= 0.3 is 12.2 Å². The van der Waals surface area contributed by atoms with E-state index in [0.717, 1.165) is 58.0 Å². The molecule has 6 N–H and O–H groups in total. The highest BCUT2D eigenvalue weighted by molar-refractivity contribution is 7.89. The van der Waals surface area contributed by atoms with Crippen LogP contribution in [-0.2, 0) is 35.6 Å². The highest BCUT2D eigenvalue weighted by atomic mass is 32.2. The molecular formula is C52H85N7O10S. The maximum atomic E-state index is 13.6. The number of β-amino-alcohol motifs (C(OH)–C–C–N with tert-alkyl or cyclic N) is 2. The van der Waals surface area contributed by atoms with E-state index >= 15 is 0 Å². The maximum absolute atomic E-state index is 13.6. The first kappa shape index (κ1) is 58.2. The fraction of sp³-hybridized carbons (Fsp3) is 0.712. The quantitative estimate of drug-likeness (QED) is 0.144. The molecule has 18 heteroatoms. The van der Waals surface area contributed by atoms with Gasteiger partial charge in [0.2, 0.25) is 11.8 Å². The number of benzene rings is 1. The van der Waals surface area contributed by atoms with Gasteiger partial charge in [-0.1, -0.05) is 103 Å². The van der Waals surface area contributed by atoms with Crippen molar-refractivity contribution in [1.82, 2.24) is 35.5 Å². The zero-order valence-electron chi connectivity index (χ0n) is 43.6. The summed E-state index contributed by atoms with van der Waals surface area (Å²) in [5.41, 5.74) is -2.25. The van der Waals surface area contributed by atoms with E-state index in [2.05, 4.69) is 50.2 Å². The van der Waals surface area contributed by atoms with Crippen LogP contribution in [0.3, 0.4) is 0 Å². The zero-order chi connectivity index (χ0) is 51.9. The summed E-state index contributed by atoms with van der Waals surface area (Å²) in [6, 6.07) is 13.9. The highest BCUT2D eigenvalue weighted by Gasteiger charge is 2.46. The van der Waals surface area contributed by atoms with Gasteiger partial charge in [0.1, 0.15) is 22.3 Å². The van der Waals surface area contributed by atoms with E-state index in [4.69, 9.17) is 9.47 Å². The highest BCUT2D eigenvalue weighted by Crippen LogP contribution is 2.32. The van der Waals surface area contributed by atoms with Crippen LogP contribution in [0.15, 0.2) is 59.8 Å². The van der Waals surface area contributed by atoms with Crippen molar-refractivity contribution < 1.29 is 47.3 Å². The van der Waals surface area contributed by atoms with Gasteiger partial charge in [-0.3, -0.25) is 14.5 Å². The molecule has 0 radical (unpaired) electrons. The minimum Gasteiger partial charge on any atom is -0.444 e. The molecule has 6 rings (SSSR count). The van der Waals surface area contributed by atoms with Crippen molar-refractivity contribution in [2.45, 2.75) is 204 Å². The zero-order valence-corrected chi connectivity index (χ0v) is 44.4. The minimum atomic E-state index is -3.88. The fourth-order valence-electron chi connectivity index (χ4n) is 9.75. The number of carbonyl (C=O) groups is 4. The number of ether oxygens (including phenoxy) is 2. The van der Waals surface area contributed by atoms with E-state index in [-0.39, 0.29) is 47.8 Å². The molecule has 4 aliphatic rings. The van der Waals surface area contributed by atoms with Crippen molar-refractivity contribution in [3.05, 3.63) is 60.3 Å². The number of nitrogens with one attached hydrogen (secondary N) is 4. The number of carbonyl (C=O) groups excluding carboxylic acids is 4. The van der Waals surface area contributed by atoms with Crippen molar-refractivity contribution in [3.63, 3.8) is 0 Å². The van der Waals surface area contributed by atoms with Gasteiger partial charge in [-0.15, -0.1) is 0 Å². The summed E-state index contributed by atoms with van der Waals surface area (Å²) in [6.45, 7) is 20.8. The second-order valence-electron chi connectivity index (χ2n) is 21.5. The Labute approximate surface area is 418 Å². The molecule has 70 heavy (non-hydrogen) atoms. The third-order valence-electron chi connectivity index (χ3n) is 13.5. The summed E-state index contributed by atoms with van der Waals surface area (Å²) in [7, 11) is -3.88. The molecule has 6 atom stereocenters. The standard InChI is InChI=1S/C26H41N3O4.C24H38N4O6S.C2H6/c1-19-13-16-29(17-20-11-7-5-8-12-20)18-21(30)22(19)27-23(31)26(14-9-6-10-15-26)28-24(32)33-25(2,3)4;1-17-11-15-28(35(32,33)19-10-6-9-14-25-19)16-18(29)20(17)26-21(30)24(12-7-5-8-13-24)27-22(31)34-23(2,3)4;1-2/h5,7-8,11-12,19,21-22,30H,6,9-10,13-18H2,1-4H3,(H,27,31)(H,28,32);6,9-10,14,17-18,20,29H,5,7-8,11-13,15-16H2,1-4H3,(H,26,30)(H,27,31);1-2H3. The lowest BCUT2D eigenvalue weighted by Crippen LogP contribution is -2.63. The van der Waals surface area contributed by atoms with Crippen LogP contribution >= 0.6 is 0 Å². The molecule has 2 aliphatic heterocycles. The monoisotopic (exact) mass is 1000 g/mol. The topological polar surface area (TPSA) is 229 Å². The summed E-state index contributed by atoms with van der Waals surface area (Å²) < 4.78 is 38.2. The Hall–Kier alpha value is -4.36. The number of aromatic nitrogens is 1. The molecule has 1 aromatic carbocycles. The Morgan fingerprint density at radius 3 is 1.56 bits per heavy atom. The average molecular weight is 1000 g/mol. The van der Waals surface area contributed by atoms with E-state index in [9.17, 15) is 37.8 Å². The van der Waals surface area contributed by atoms with Gasteiger partial charge in [-0.05, 0) is 116 Å². The molecule has 2 aliphatic carbocycles. The van der Waals surface area contributed by atoms with E-state index in [1.54, 1.807) is 32.9 Å². The molecule has 6 unspecified atom stereocenters. The van der Waals surface area contributed by atoms with Crippen molar-refractivity contribution >= 4 is 34.0 Å². The average Bonchev–Trinajstić information content (AvgIpc) is 3.53. The number of aliphatic hydroxyl groups excluding tert-OH is 2. The first-order chi connectivity index (χ1) is 32.9. The normalized spacial score (nSPS) is 25.3. The predicted octanol–water partition coefficient (Wildman–Crippen LogP) is 6.81. The van der Waals surface area contributed by atoms with Crippen LogP contribution < -0.4 is 21.3 Å². The van der Waals surface area contributed by atoms with Crippen LogP contribution in [0.5, 0.6) is 0 Å². The van der Waals surface area contributed by atoms with Crippen LogP contribution in [0.1, 0.15) is 152 Å². The molecule has 0 spiro atoms. The van der Waals surface area contributed by atoms with Crippen molar-refractivity contribution in [1.29, 1.82) is 0 Å². The molecule has 4 fully saturated rings. The van der Waals surface area contributed by atoms with E-state index < -0.39 is 62.7 Å². The number of pyridine rings is 1. The fourth-order valence-corrected chi connectivity index (χ4v) is 11.2. The number of aliphatic hydroxyl groups is 2. The molecule has 3 heterocycles. The molecule has 394 valence electrons. The SMILES string of the molecule is CC.CC1CCN(Cc2ccccc2)CC(O)C1NC(=O)C1(NC(=O)OC(C)(C)C)CCCCC1.CC1CCN(S(=O)(=O)c2ccccn2)CC(O)C1NC(=O)C1(NC(=O)OC(C)(C)C)CCCCC1. The van der Waals surface area contributed by atoms with Crippen LogP contribution in [0.25, 0.3) is 0 Å². The minimum absolute atomic E-state index is 0.0787. The summed E-state index contributed by atoms with van der Waals surface area (Å²) >= 11 is 0. The van der Waals surface area contributed by atoms with E-state index in [1.807, 2.05) is 59.7 Å². The molecule has 17 nitrogen and oxygen atoms in total. The Morgan fingerprint density at radius 2 is 1.11 bits per heavy atom. The lowest BCUT2D eigenvalue weighted by Gasteiger charge is -2.39. The van der Waals surface area contributed by atoms with Gasteiger partial charge in [0.25, 0.3) is 10.0 Å². The molecule has 2 saturated heterocycles. The maximum Gasteiger partial charge on any atom is 0.408 e. The van der Waals surface area contributed by atoms with Gasteiger partial charge in [0, 0.05) is 32.4 Å². The van der Waals surface area contributed by atoms with Crippen molar-refractivity contribution in [3.8, 4) is 0 Å². The third kappa shape index (κ3) is 16.9. The van der Waals surface area contributed by atoms with Crippen LogP contribution in [0.4, 0.5) is 9.59 Å². The van der Waals surface area contributed by atoms with E-state index in [1.165, 1.54) is 22.1 Å². The van der Waals surface area contributed by atoms with Gasteiger partial charge in [0.15, 0.2) is 5.03 Å². The molecule has 1 aromatic heterocycles. The first-order valence-corrected chi connectivity index (χ1v) is 27.0. The first-order valence-electron chi connectivity index (χ1n) is 25.6. The number of nitrogens with zero attached hydrogens (tertiary/aromatic N) is 3. The third-order valence-corrected chi connectivity index (χ3v) is 15.3. The van der Waals surface area contributed by atoms with Crippen LogP contribution in [0.2, 0.25) is 0 Å². The van der Waals surface area contributed by atoms with Crippen LogP contribution in [-0.4, -0.2) is 130 Å². The Bertz CT molecular complexity index is 2070. The van der Waals surface area contributed by atoms with Gasteiger partial charge in [0.05, 0.1) is 24.3 Å². The number of amides is 4. The predicted molar refractivity (Wildman–Crippen MR) is 270 cm³/mol. The molecule has 0 bridgehead atoms. The lowest BCUT2D eigenvalue weighted by molar-refractivity contribution is -0.131. The van der Waals surface area contributed by atoms with Gasteiger partial charge < -0.3 is 41.0 Å². The number of alkyl carbamates (subject to hydrolysis) is 2. The summed E-state index contributed by atoms with van der Waals surface area (Å²) in [5, 5.41) is 33.8. The number of hydrogen-bond donors (Lipinski definition) is 6. The number of likely N-dealkylation sites (tertiary alicyclic amines) is 1. The Kier molecular flexibility index (Phi) is 21.5. The second kappa shape index (κ2) is 25.8. The Morgan fingerprint density at radius 1 is 0.671 bits per heavy atom. The van der Waals surface area contributed by atoms with Crippen molar-refractivity contribution in [2.75, 3.05) is 26.2 Å². The summed E-state index contributed by atoms with van der Waals surface area (Å²) in [5.74, 6) is -0.660. The lowest BCUT2D eigenvalue weighted by atomic mass is 9.80. The number of sulfonamides is 1. The van der Waals surface area contributed by atoms with E-state index in [0.29, 0.717) is 38.6 Å². The number of rotatable bonds is 10. The summed E-state index contributed by atoms with van der Waals surface area (Å²) in [6.07, 6.45) is 7.10. The van der Waals surface area contributed by atoms with Gasteiger partial charge in [-0.2, -0.15) is 4.31 Å². The smallest absolute Gasteiger partial charge is 0.408 e. The molecule has 2 aromatic rings. The summed E-state index contributed by atoms with van der Waals surface area (Å²) in [4.78, 5) is 58.4. The molecular weight excluding hydrogens is 915 g/mol. The largest absolute Gasteiger partial charge is 0.444 e.